The molecule has 0 bridgehead atoms. The minimum Gasteiger partial charge on any atom is -0.357 e. The highest BCUT2D eigenvalue weighted by Crippen LogP contribution is 2.24. The lowest BCUT2D eigenvalue weighted by Crippen LogP contribution is -2.56. The van der Waals surface area contributed by atoms with Gasteiger partial charge < -0.3 is 15.5 Å². The van der Waals surface area contributed by atoms with E-state index in [9.17, 15) is 19.2 Å². The predicted molar refractivity (Wildman–Crippen MR) is 146 cm³/mol. The van der Waals surface area contributed by atoms with Crippen LogP contribution in [0.4, 0.5) is 0 Å². The van der Waals surface area contributed by atoms with Gasteiger partial charge in [-0.25, -0.2) is 0 Å². The van der Waals surface area contributed by atoms with Crippen molar-refractivity contribution in [2.24, 2.45) is 5.92 Å². The number of benzene rings is 1. The highest BCUT2D eigenvalue weighted by molar-refractivity contribution is 8.14. The summed E-state index contributed by atoms with van der Waals surface area (Å²) in [5, 5.41) is 5.39. The second kappa shape index (κ2) is 15.2. The number of nitrogens with one attached hydrogen (secondary N) is 2. The number of carbonyl (C=O) groups is 4. The Labute approximate surface area is 218 Å². The molecule has 1 rings (SSSR count). The van der Waals surface area contributed by atoms with Gasteiger partial charge >= 0.3 is 0 Å². The quantitative estimate of drug-likeness (QED) is 0.411. The van der Waals surface area contributed by atoms with E-state index in [0.717, 1.165) is 17.3 Å². The van der Waals surface area contributed by atoms with Gasteiger partial charge in [0, 0.05) is 37.4 Å². The predicted octanol–water partition coefficient (Wildman–Crippen LogP) is 3.51. The maximum Gasteiger partial charge on any atom is 0.243 e. The van der Waals surface area contributed by atoms with E-state index in [-0.39, 0.29) is 39.3 Å². The van der Waals surface area contributed by atoms with Crippen LogP contribution < -0.4 is 10.6 Å². The topological polar surface area (TPSA) is 95.6 Å². The van der Waals surface area contributed by atoms with Crippen molar-refractivity contribution in [1.29, 1.82) is 0 Å². The Morgan fingerprint density at radius 3 is 2.17 bits per heavy atom. The summed E-state index contributed by atoms with van der Waals surface area (Å²) in [5.74, 6) is -0.112. The van der Waals surface area contributed by atoms with Gasteiger partial charge in [0.2, 0.25) is 17.7 Å². The molecule has 2 atom stereocenters. The Morgan fingerprint density at radius 2 is 1.66 bits per heavy atom. The molecule has 3 amide bonds. The minimum atomic E-state index is -0.767. The summed E-state index contributed by atoms with van der Waals surface area (Å²) in [6.45, 7) is 12.1. The van der Waals surface area contributed by atoms with Crippen LogP contribution in [0.15, 0.2) is 30.3 Å². The summed E-state index contributed by atoms with van der Waals surface area (Å²) in [6, 6.07) is 7.99. The molecule has 0 aromatic heterocycles. The lowest BCUT2D eigenvalue weighted by molar-refractivity contribution is -0.140. The maximum absolute atomic E-state index is 13.6. The third-order valence-electron chi connectivity index (χ3n) is 5.12. The zero-order valence-electron chi connectivity index (χ0n) is 22.1. The van der Waals surface area contributed by atoms with Crippen LogP contribution in [0.25, 0.3) is 0 Å². The van der Waals surface area contributed by atoms with Crippen LogP contribution in [0.3, 0.4) is 0 Å². The second-order valence-electron chi connectivity index (χ2n) is 9.84. The van der Waals surface area contributed by atoms with Crippen molar-refractivity contribution in [1.82, 2.24) is 15.5 Å². The summed E-state index contributed by atoms with van der Waals surface area (Å²) in [6.07, 6.45) is 0.795. The van der Waals surface area contributed by atoms with Crippen LogP contribution in [0.1, 0.15) is 53.5 Å². The molecule has 0 heterocycles. The largest absolute Gasteiger partial charge is 0.357 e. The summed E-state index contributed by atoms with van der Waals surface area (Å²) in [7, 11) is 1.54. The van der Waals surface area contributed by atoms with E-state index in [1.807, 2.05) is 44.2 Å². The Hall–Kier alpha value is -2.00. The zero-order valence-corrected chi connectivity index (χ0v) is 23.7. The monoisotopic (exact) mass is 523 g/mol. The van der Waals surface area contributed by atoms with Crippen LogP contribution >= 0.6 is 23.5 Å². The molecule has 0 spiro atoms. The van der Waals surface area contributed by atoms with E-state index in [2.05, 4.69) is 31.4 Å². The first kappa shape index (κ1) is 31.0. The number of amides is 3. The molecule has 196 valence electrons. The lowest BCUT2D eigenvalue weighted by Gasteiger charge is -2.33. The summed E-state index contributed by atoms with van der Waals surface area (Å²) in [5.41, 5.74) is 0.925. The molecular formula is C26H41N3O4S2. The molecule has 0 unspecified atom stereocenters. The van der Waals surface area contributed by atoms with E-state index in [1.165, 1.54) is 14.0 Å². The SMILES string of the molecule is CNC(=O)[C@H](Cc1ccccc1)NC(=O)[C@H](CC(C)C)N(CCSC(C)(C)C)C(=O)CSC(C)=O. The van der Waals surface area contributed by atoms with Crippen molar-refractivity contribution in [3.05, 3.63) is 35.9 Å². The van der Waals surface area contributed by atoms with Crippen molar-refractivity contribution in [2.45, 2.75) is 71.2 Å². The summed E-state index contributed by atoms with van der Waals surface area (Å²) >= 11 is 2.66. The number of rotatable bonds is 13. The first-order chi connectivity index (χ1) is 16.3. The molecule has 0 aliphatic heterocycles. The van der Waals surface area contributed by atoms with Crippen molar-refractivity contribution in [3.63, 3.8) is 0 Å². The van der Waals surface area contributed by atoms with Crippen LogP contribution in [-0.4, -0.2) is 69.7 Å². The highest BCUT2D eigenvalue weighted by Gasteiger charge is 2.33. The van der Waals surface area contributed by atoms with Gasteiger partial charge in [0.25, 0.3) is 0 Å². The third kappa shape index (κ3) is 12.5. The van der Waals surface area contributed by atoms with Crippen LogP contribution in [0.2, 0.25) is 0 Å². The van der Waals surface area contributed by atoms with Gasteiger partial charge in [0.15, 0.2) is 5.12 Å². The second-order valence-corrected chi connectivity index (χ2v) is 12.9. The molecule has 0 radical (unpaired) electrons. The first-order valence-corrected chi connectivity index (χ1v) is 13.9. The molecule has 7 nitrogen and oxygen atoms in total. The summed E-state index contributed by atoms with van der Waals surface area (Å²) in [4.78, 5) is 52.4. The van der Waals surface area contributed by atoms with Gasteiger partial charge in [-0.05, 0) is 17.9 Å². The van der Waals surface area contributed by atoms with Crippen LogP contribution in [-0.2, 0) is 25.6 Å². The van der Waals surface area contributed by atoms with Gasteiger partial charge in [-0.3, -0.25) is 19.2 Å². The average Bonchev–Trinajstić information content (AvgIpc) is 2.77. The number of hydrogen-bond acceptors (Lipinski definition) is 6. The third-order valence-corrected chi connectivity index (χ3v) is 7.17. The normalized spacial score (nSPS) is 13.1. The smallest absolute Gasteiger partial charge is 0.243 e. The molecule has 0 saturated heterocycles. The summed E-state index contributed by atoms with van der Waals surface area (Å²) < 4.78 is 0.0125. The first-order valence-electron chi connectivity index (χ1n) is 12.0. The zero-order chi connectivity index (χ0) is 26.6. The van der Waals surface area contributed by atoms with E-state index < -0.39 is 12.1 Å². The highest BCUT2D eigenvalue weighted by atomic mass is 32.2. The fourth-order valence-corrected chi connectivity index (χ4v) is 4.87. The molecular weight excluding hydrogens is 482 g/mol. The van der Waals surface area contributed by atoms with E-state index in [1.54, 1.807) is 16.7 Å². The number of thioether (sulfide) groups is 2. The Bertz CT molecular complexity index is 841. The fraction of sp³-hybridized carbons (Fsp3) is 0.615. The molecule has 0 aliphatic rings. The number of hydrogen-bond donors (Lipinski definition) is 2. The van der Waals surface area contributed by atoms with Crippen molar-refractivity contribution in [3.8, 4) is 0 Å². The Kier molecular flexibility index (Phi) is 13.5. The molecule has 0 saturated carbocycles. The van der Waals surface area contributed by atoms with Crippen molar-refractivity contribution < 1.29 is 19.2 Å². The van der Waals surface area contributed by atoms with Gasteiger partial charge in [-0.2, -0.15) is 11.8 Å². The minimum absolute atomic E-state index is 0.0125. The fourth-order valence-electron chi connectivity index (χ4n) is 3.47. The number of likely N-dealkylation sites (N-methyl/N-ethyl adjacent to an activating group) is 1. The van der Waals surface area contributed by atoms with Crippen molar-refractivity contribution >= 4 is 46.4 Å². The molecule has 1 aromatic rings. The molecule has 0 fully saturated rings. The van der Waals surface area contributed by atoms with Crippen molar-refractivity contribution in [2.75, 3.05) is 25.1 Å². The molecule has 35 heavy (non-hydrogen) atoms. The van der Waals surface area contributed by atoms with Crippen LogP contribution in [0.5, 0.6) is 0 Å². The average molecular weight is 524 g/mol. The Morgan fingerprint density at radius 1 is 1.03 bits per heavy atom. The van der Waals surface area contributed by atoms with E-state index >= 15 is 0 Å². The van der Waals surface area contributed by atoms with Gasteiger partial charge in [0.1, 0.15) is 12.1 Å². The van der Waals surface area contributed by atoms with E-state index in [0.29, 0.717) is 25.1 Å². The maximum atomic E-state index is 13.6. The molecule has 0 aliphatic carbocycles. The molecule has 2 N–H and O–H groups in total. The van der Waals surface area contributed by atoms with E-state index in [4.69, 9.17) is 0 Å². The number of nitrogens with zero attached hydrogens (tertiary/aromatic N) is 1. The van der Waals surface area contributed by atoms with Crippen LogP contribution in [0, 0.1) is 5.92 Å². The number of carbonyl (C=O) groups excluding carboxylic acids is 4. The van der Waals surface area contributed by atoms with Gasteiger partial charge in [-0.15, -0.1) is 0 Å². The van der Waals surface area contributed by atoms with Gasteiger partial charge in [0.05, 0.1) is 5.75 Å². The standard InChI is InChI=1S/C26H41N3O4S2/c1-18(2)15-22(29(13-14-35-26(4,5)6)23(31)17-34-19(3)30)25(33)28-21(24(32)27-7)16-20-11-9-8-10-12-20/h8-12,18,21-22H,13-17H2,1-7H3,(H,27,32)(H,28,33)/t21-,22-/m0/s1. The molecule has 1 aromatic carbocycles. The Balaban J connectivity index is 3.18. The molecule has 9 heteroatoms. The lowest BCUT2D eigenvalue weighted by atomic mass is 9.99. The van der Waals surface area contributed by atoms with Gasteiger partial charge in [-0.1, -0.05) is 76.7 Å².